The van der Waals surface area contributed by atoms with Crippen LogP contribution in [0, 0.1) is 0 Å². The fraction of sp³-hybridized carbons (Fsp3) is 0.930. The van der Waals surface area contributed by atoms with Crippen LogP contribution in [-0.2, 0) is 23.7 Å². The molecule has 2 fully saturated rings. The zero-order valence-corrected chi connectivity index (χ0v) is 35.1. The van der Waals surface area contributed by atoms with Crippen molar-refractivity contribution in [3.8, 4) is 0 Å². The maximum absolute atomic E-state index is 12.5. The fourth-order valence-electron chi connectivity index (χ4n) is 7.51. The Morgan fingerprint density at radius 1 is 0.614 bits per heavy atom. The second kappa shape index (κ2) is 31.6. The molecule has 2 saturated heterocycles. The van der Waals surface area contributed by atoms with Crippen LogP contribution in [0.25, 0.3) is 0 Å². The van der Waals surface area contributed by atoms with Gasteiger partial charge in [-0.1, -0.05) is 148 Å². The molecule has 0 aliphatic carbocycles. The van der Waals surface area contributed by atoms with Crippen LogP contribution < -0.4 is 5.32 Å². The van der Waals surface area contributed by atoms with Crippen molar-refractivity contribution in [1.82, 2.24) is 5.32 Å². The van der Waals surface area contributed by atoms with Gasteiger partial charge in [0.2, 0.25) is 5.91 Å². The third kappa shape index (κ3) is 20.2. The summed E-state index contributed by atoms with van der Waals surface area (Å²) in [6, 6.07) is -0.904. The summed E-state index contributed by atoms with van der Waals surface area (Å²) in [5, 5.41) is 85.5. The third-order valence-electron chi connectivity index (χ3n) is 11.2. The van der Waals surface area contributed by atoms with E-state index in [9.17, 15) is 45.6 Å². The fourth-order valence-corrected chi connectivity index (χ4v) is 7.51. The Morgan fingerprint density at radius 2 is 1.09 bits per heavy atom. The van der Waals surface area contributed by atoms with Crippen LogP contribution in [0.5, 0.6) is 0 Å². The number of unbranched alkanes of at least 4 members (excludes halogenated alkanes) is 20. The highest BCUT2D eigenvalue weighted by Gasteiger charge is 2.50. The van der Waals surface area contributed by atoms with E-state index in [4.69, 9.17) is 18.9 Å². The smallest absolute Gasteiger partial charge is 0.220 e. The monoisotopic (exact) mass is 820 g/mol. The number of rotatable bonds is 33. The predicted molar refractivity (Wildman–Crippen MR) is 217 cm³/mol. The van der Waals surface area contributed by atoms with E-state index in [1.54, 1.807) is 6.08 Å². The first-order chi connectivity index (χ1) is 27.6. The molecule has 2 rings (SSSR count). The van der Waals surface area contributed by atoms with Gasteiger partial charge in [-0.25, -0.2) is 0 Å². The number of aliphatic hydroxyl groups excluding tert-OH is 8. The number of allylic oxidation sites excluding steroid dienone is 1. The number of hydrogen-bond acceptors (Lipinski definition) is 13. The SMILES string of the molecule is CCCCCCCCCCCCCCCCCCCCCC/C=C/C(O)C(COC1OC(CO)C(OC2OC(CO)C(O)C(O)C2O)C(O)C1O)NC(=O)CCC. The predicted octanol–water partition coefficient (Wildman–Crippen LogP) is 4.04. The lowest BCUT2D eigenvalue weighted by atomic mass is 9.97. The maximum Gasteiger partial charge on any atom is 0.220 e. The molecule has 2 aliphatic rings. The Kier molecular flexibility index (Phi) is 28.7. The van der Waals surface area contributed by atoms with Crippen LogP contribution >= 0.6 is 0 Å². The first-order valence-electron chi connectivity index (χ1n) is 22.4. The highest BCUT2D eigenvalue weighted by atomic mass is 16.7. The van der Waals surface area contributed by atoms with Gasteiger partial charge >= 0.3 is 0 Å². The zero-order valence-electron chi connectivity index (χ0n) is 35.1. The van der Waals surface area contributed by atoms with Crippen LogP contribution in [0.1, 0.15) is 162 Å². The summed E-state index contributed by atoms with van der Waals surface area (Å²) >= 11 is 0. The van der Waals surface area contributed by atoms with Crippen molar-refractivity contribution >= 4 is 5.91 Å². The summed E-state index contributed by atoms with van der Waals surface area (Å²) < 4.78 is 22.4. The van der Waals surface area contributed by atoms with Crippen molar-refractivity contribution in [3.63, 3.8) is 0 Å². The molecule has 0 aromatic heterocycles. The number of hydrogen-bond donors (Lipinski definition) is 9. The molecule has 57 heavy (non-hydrogen) atoms. The minimum Gasteiger partial charge on any atom is -0.394 e. The normalized spacial score (nSPS) is 29.2. The molecule has 9 N–H and O–H groups in total. The second-order valence-electron chi connectivity index (χ2n) is 16.2. The number of carbonyl (C=O) groups excluding carboxylic acids is 1. The highest BCUT2D eigenvalue weighted by Crippen LogP contribution is 2.30. The molecular formula is C43H81NO13. The molecule has 0 saturated carbocycles. The quantitative estimate of drug-likeness (QED) is 0.0337. The molecule has 14 nitrogen and oxygen atoms in total. The summed E-state index contributed by atoms with van der Waals surface area (Å²) in [6.45, 7) is 2.41. The van der Waals surface area contributed by atoms with Gasteiger partial charge in [0.1, 0.15) is 48.8 Å². The van der Waals surface area contributed by atoms with Gasteiger partial charge < -0.3 is 65.1 Å². The molecule has 1 amide bonds. The number of aliphatic hydroxyl groups is 8. The topological polar surface area (TPSA) is 228 Å². The van der Waals surface area contributed by atoms with Crippen molar-refractivity contribution in [1.29, 1.82) is 0 Å². The van der Waals surface area contributed by atoms with Crippen LogP contribution in [0.4, 0.5) is 0 Å². The van der Waals surface area contributed by atoms with E-state index < -0.39 is 86.8 Å². The average molecular weight is 820 g/mol. The van der Waals surface area contributed by atoms with Gasteiger partial charge in [-0.3, -0.25) is 4.79 Å². The van der Waals surface area contributed by atoms with E-state index in [1.165, 1.54) is 116 Å². The van der Waals surface area contributed by atoms with Crippen LogP contribution in [0.2, 0.25) is 0 Å². The van der Waals surface area contributed by atoms with Crippen molar-refractivity contribution in [2.24, 2.45) is 0 Å². The van der Waals surface area contributed by atoms with Gasteiger partial charge in [0.05, 0.1) is 32.0 Å². The van der Waals surface area contributed by atoms with Gasteiger partial charge in [0.25, 0.3) is 0 Å². The molecule has 336 valence electrons. The van der Waals surface area contributed by atoms with E-state index in [2.05, 4.69) is 12.2 Å². The van der Waals surface area contributed by atoms with Gasteiger partial charge in [-0.15, -0.1) is 0 Å². The summed E-state index contributed by atoms with van der Waals surface area (Å²) in [5.41, 5.74) is 0. The zero-order chi connectivity index (χ0) is 41.8. The lowest BCUT2D eigenvalue weighted by molar-refractivity contribution is -0.359. The van der Waals surface area contributed by atoms with Gasteiger partial charge in [0, 0.05) is 6.42 Å². The minimum absolute atomic E-state index is 0.233. The molecule has 12 atom stereocenters. The Labute approximate surface area is 342 Å². The van der Waals surface area contributed by atoms with Crippen LogP contribution in [0.15, 0.2) is 12.2 Å². The largest absolute Gasteiger partial charge is 0.394 e. The number of carbonyl (C=O) groups is 1. The average Bonchev–Trinajstić information content (AvgIpc) is 3.20. The van der Waals surface area contributed by atoms with E-state index in [0.29, 0.717) is 6.42 Å². The van der Waals surface area contributed by atoms with E-state index in [1.807, 2.05) is 13.0 Å². The molecule has 0 aromatic rings. The Morgan fingerprint density at radius 3 is 1.58 bits per heavy atom. The standard InChI is InChI=1S/C43H81NO13/c1-3-5-6-7-8-9-10-11-12-13-14-15-16-17-18-19-20-21-22-23-24-25-27-32(47)31(44-35(48)26-4-2)30-54-42-40(53)38(51)41(34(29-46)56-42)57-43-39(52)37(50)36(49)33(28-45)55-43/h25,27,31-34,36-43,45-47,49-53H,3-24,26,28-30H2,1-2H3,(H,44,48)/b27-25+. The molecule has 0 bridgehead atoms. The maximum atomic E-state index is 12.5. The molecule has 2 aliphatic heterocycles. The molecule has 14 heteroatoms. The highest BCUT2D eigenvalue weighted by molar-refractivity contribution is 5.76. The van der Waals surface area contributed by atoms with E-state index in [-0.39, 0.29) is 18.9 Å². The van der Waals surface area contributed by atoms with Crippen molar-refractivity contribution in [2.75, 3.05) is 19.8 Å². The minimum atomic E-state index is -1.78. The molecular weight excluding hydrogens is 738 g/mol. The first kappa shape index (κ1) is 51.9. The Balaban J connectivity index is 1.67. The summed E-state index contributed by atoms with van der Waals surface area (Å²) in [6.07, 6.45) is 14.6. The van der Waals surface area contributed by atoms with E-state index >= 15 is 0 Å². The van der Waals surface area contributed by atoms with Crippen LogP contribution in [-0.4, -0.2) is 140 Å². The van der Waals surface area contributed by atoms with Crippen LogP contribution in [0.3, 0.4) is 0 Å². The molecule has 0 aromatic carbocycles. The molecule has 2 heterocycles. The lowest BCUT2D eigenvalue weighted by Gasteiger charge is -2.46. The number of amides is 1. The summed E-state index contributed by atoms with van der Waals surface area (Å²) in [5.74, 6) is -0.293. The summed E-state index contributed by atoms with van der Waals surface area (Å²) in [4.78, 5) is 12.5. The van der Waals surface area contributed by atoms with Gasteiger partial charge in [-0.05, 0) is 19.3 Å². The van der Waals surface area contributed by atoms with Gasteiger partial charge in [0.15, 0.2) is 12.6 Å². The molecule has 12 unspecified atom stereocenters. The Bertz CT molecular complexity index is 1020. The molecule has 0 spiro atoms. The van der Waals surface area contributed by atoms with E-state index in [0.717, 1.165) is 19.3 Å². The lowest BCUT2D eigenvalue weighted by Crippen LogP contribution is -2.65. The number of nitrogens with one attached hydrogen (secondary N) is 1. The van der Waals surface area contributed by atoms with Crippen molar-refractivity contribution in [2.45, 2.75) is 235 Å². The van der Waals surface area contributed by atoms with Gasteiger partial charge in [-0.2, -0.15) is 0 Å². The number of ether oxygens (including phenoxy) is 4. The third-order valence-corrected chi connectivity index (χ3v) is 11.2. The second-order valence-corrected chi connectivity index (χ2v) is 16.2. The van der Waals surface area contributed by atoms with Crippen molar-refractivity contribution < 1.29 is 64.6 Å². The van der Waals surface area contributed by atoms with Crippen molar-refractivity contribution in [3.05, 3.63) is 12.2 Å². The Hall–Kier alpha value is -1.27. The summed E-state index contributed by atoms with van der Waals surface area (Å²) in [7, 11) is 0. The first-order valence-corrected chi connectivity index (χ1v) is 22.4. The molecule has 0 radical (unpaired) electrons.